The predicted octanol–water partition coefficient (Wildman–Crippen LogP) is 2.31. The number of hydrogen-bond acceptors (Lipinski definition) is 5. The number of carbonyl (C=O) groups excluding carboxylic acids is 1. The molecule has 140 valence electrons. The number of carbonyl (C=O) groups is 1. The number of nitrogens with zero attached hydrogens (tertiary/aromatic N) is 1. The predicted molar refractivity (Wildman–Crippen MR) is 102 cm³/mol. The summed E-state index contributed by atoms with van der Waals surface area (Å²) in [6, 6.07) is 3.25. The smallest absolute Gasteiger partial charge is 0.260 e. The summed E-state index contributed by atoms with van der Waals surface area (Å²) in [4.78, 5) is 25.8. The van der Waals surface area contributed by atoms with E-state index in [0.717, 1.165) is 0 Å². The molecule has 1 unspecified atom stereocenters. The number of aromatic nitrogens is 1. The van der Waals surface area contributed by atoms with Gasteiger partial charge in [0.25, 0.3) is 5.91 Å². The normalized spacial score (nSPS) is 15.7. The van der Waals surface area contributed by atoms with E-state index >= 15 is 0 Å². The second-order valence-electron chi connectivity index (χ2n) is 6.37. The Morgan fingerprint density at radius 3 is 2.58 bits per heavy atom. The fourth-order valence-electron chi connectivity index (χ4n) is 3.07. The minimum absolute atomic E-state index is 0.0156. The molecule has 0 spiro atoms. The first-order chi connectivity index (χ1) is 12.4. The van der Waals surface area contributed by atoms with Crippen molar-refractivity contribution in [3.05, 3.63) is 27.9 Å². The Morgan fingerprint density at radius 2 is 2.00 bits per heavy atom. The monoisotopic (exact) mass is 424 g/mol. The van der Waals surface area contributed by atoms with Gasteiger partial charge in [0.2, 0.25) is 11.3 Å². The zero-order valence-corrected chi connectivity index (χ0v) is 16.7. The van der Waals surface area contributed by atoms with Crippen LogP contribution in [-0.2, 0) is 6.54 Å². The molecule has 1 aromatic carbocycles. The highest BCUT2D eigenvalue weighted by molar-refractivity contribution is 9.09. The summed E-state index contributed by atoms with van der Waals surface area (Å²) >= 11 is 3.41. The van der Waals surface area contributed by atoms with Gasteiger partial charge in [-0.15, -0.1) is 0 Å². The van der Waals surface area contributed by atoms with Crippen LogP contribution in [0, 0.1) is 0 Å². The molecule has 0 fully saturated rings. The van der Waals surface area contributed by atoms with E-state index < -0.39 is 5.91 Å². The van der Waals surface area contributed by atoms with Crippen molar-refractivity contribution in [2.24, 2.45) is 0 Å². The number of ether oxygens (including phenoxy) is 3. The van der Waals surface area contributed by atoms with E-state index in [1.165, 1.54) is 14.2 Å². The highest BCUT2D eigenvalue weighted by Gasteiger charge is 2.32. The van der Waals surface area contributed by atoms with Crippen molar-refractivity contribution >= 4 is 32.7 Å². The summed E-state index contributed by atoms with van der Waals surface area (Å²) in [5.74, 6) is 0.789. The van der Waals surface area contributed by atoms with E-state index in [9.17, 15) is 9.59 Å². The van der Waals surface area contributed by atoms with Crippen LogP contribution in [-0.4, -0.2) is 42.2 Å². The molecule has 3 rings (SSSR count). The Balaban J connectivity index is 2.33. The Morgan fingerprint density at radius 1 is 1.35 bits per heavy atom. The number of benzene rings is 1. The Kier molecular flexibility index (Phi) is 5.13. The van der Waals surface area contributed by atoms with Crippen molar-refractivity contribution < 1.29 is 19.0 Å². The van der Waals surface area contributed by atoms with Gasteiger partial charge >= 0.3 is 0 Å². The zero-order chi connectivity index (χ0) is 19.0. The van der Waals surface area contributed by atoms with Crippen LogP contribution in [0.1, 0.15) is 24.2 Å². The number of fused-ring (bicyclic) bond motifs is 3. The van der Waals surface area contributed by atoms with Crippen LogP contribution in [0.4, 0.5) is 0 Å². The second kappa shape index (κ2) is 7.19. The summed E-state index contributed by atoms with van der Waals surface area (Å²) in [6.45, 7) is 4.20. The number of methoxy groups -OCH3 is 2. The van der Waals surface area contributed by atoms with Crippen LogP contribution in [0.2, 0.25) is 0 Å². The first-order valence-corrected chi connectivity index (χ1v) is 9.39. The van der Waals surface area contributed by atoms with E-state index in [0.29, 0.717) is 34.3 Å². The van der Waals surface area contributed by atoms with Gasteiger partial charge in [0.05, 0.1) is 31.7 Å². The topological polar surface area (TPSA) is 78.8 Å². The highest BCUT2D eigenvalue weighted by atomic mass is 79.9. The number of hydrogen-bond donors (Lipinski definition) is 1. The lowest BCUT2D eigenvalue weighted by atomic mass is 10.1. The fourth-order valence-corrected chi connectivity index (χ4v) is 3.40. The third-order valence-electron chi connectivity index (χ3n) is 4.21. The Hall–Kier alpha value is -2.22. The molecule has 1 aliphatic heterocycles. The number of alkyl halides is 1. The van der Waals surface area contributed by atoms with E-state index in [4.69, 9.17) is 14.2 Å². The van der Waals surface area contributed by atoms with Gasteiger partial charge in [0.1, 0.15) is 11.7 Å². The molecule has 2 heterocycles. The van der Waals surface area contributed by atoms with E-state index in [1.54, 1.807) is 12.1 Å². The SMILES string of the molecule is COc1cc2c(=O)c(C(=O)NC(C)C)c3n(c2cc1OC)CC(CBr)O3. The number of halogens is 1. The highest BCUT2D eigenvalue weighted by Crippen LogP contribution is 2.36. The molecule has 26 heavy (non-hydrogen) atoms. The van der Waals surface area contributed by atoms with Crippen LogP contribution in [0.15, 0.2) is 16.9 Å². The largest absolute Gasteiger partial charge is 0.493 e. The van der Waals surface area contributed by atoms with E-state index in [1.807, 2.05) is 18.4 Å². The maximum Gasteiger partial charge on any atom is 0.260 e. The quantitative estimate of drug-likeness (QED) is 0.744. The fraction of sp³-hybridized carbons (Fsp3) is 0.444. The summed E-state index contributed by atoms with van der Waals surface area (Å²) in [6.07, 6.45) is -0.168. The second-order valence-corrected chi connectivity index (χ2v) is 7.01. The molecule has 7 nitrogen and oxygen atoms in total. The Labute approximate surface area is 159 Å². The van der Waals surface area contributed by atoms with Crippen molar-refractivity contribution in [3.63, 3.8) is 0 Å². The van der Waals surface area contributed by atoms with Gasteiger partial charge in [-0.05, 0) is 19.9 Å². The minimum Gasteiger partial charge on any atom is -0.493 e. The molecular weight excluding hydrogens is 404 g/mol. The molecule has 1 N–H and O–H groups in total. The van der Waals surface area contributed by atoms with Gasteiger partial charge in [-0.25, -0.2) is 0 Å². The molecule has 0 aliphatic carbocycles. The molecule has 0 radical (unpaired) electrons. The van der Waals surface area contributed by atoms with Crippen LogP contribution >= 0.6 is 15.9 Å². The van der Waals surface area contributed by atoms with Gasteiger partial charge in [0, 0.05) is 17.4 Å². The van der Waals surface area contributed by atoms with Crippen molar-refractivity contribution in [1.29, 1.82) is 0 Å². The maximum atomic E-state index is 13.1. The standard InChI is InChI=1S/C18H21BrN2O5/c1-9(2)20-17(23)15-16(22)11-5-13(24-3)14(25-4)6-12(11)21-8-10(7-19)26-18(15)21/h5-6,9-10H,7-8H2,1-4H3,(H,20,23). The average Bonchev–Trinajstić information content (AvgIpc) is 3.04. The van der Waals surface area contributed by atoms with Crippen LogP contribution in [0.3, 0.4) is 0 Å². The molecule has 0 bridgehead atoms. The average molecular weight is 425 g/mol. The molecule has 2 aromatic rings. The number of pyridine rings is 1. The third kappa shape index (κ3) is 3.02. The molecule has 1 amide bonds. The van der Waals surface area contributed by atoms with Crippen molar-refractivity contribution in [2.75, 3.05) is 19.5 Å². The van der Waals surface area contributed by atoms with Gasteiger partial charge in [-0.3, -0.25) is 9.59 Å². The lowest BCUT2D eigenvalue weighted by molar-refractivity contribution is 0.0937. The molecule has 0 saturated heterocycles. The summed E-state index contributed by atoms with van der Waals surface area (Å²) < 4.78 is 18.4. The summed E-state index contributed by atoms with van der Waals surface area (Å²) in [7, 11) is 3.04. The number of amides is 1. The lowest BCUT2D eigenvalue weighted by Crippen LogP contribution is -2.34. The van der Waals surface area contributed by atoms with Crippen molar-refractivity contribution in [1.82, 2.24) is 9.88 Å². The summed E-state index contributed by atoms with van der Waals surface area (Å²) in [5, 5.41) is 3.75. The third-order valence-corrected chi connectivity index (χ3v) is 4.93. The van der Waals surface area contributed by atoms with Crippen LogP contribution in [0.25, 0.3) is 10.9 Å². The van der Waals surface area contributed by atoms with Crippen LogP contribution in [0.5, 0.6) is 17.4 Å². The minimum atomic E-state index is -0.444. The lowest BCUT2D eigenvalue weighted by Gasteiger charge is -2.15. The summed E-state index contributed by atoms with van der Waals surface area (Å²) in [5.41, 5.74) is 0.273. The molecule has 0 saturated carbocycles. The number of nitrogens with one attached hydrogen (secondary N) is 1. The van der Waals surface area contributed by atoms with Crippen molar-refractivity contribution in [2.45, 2.75) is 32.5 Å². The van der Waals surface area contributed by atoms with Gasteiger partial charge in [-0.1, -0.05) is 15.9 Å². The molecule has 1 aliphatic rings. The van der Waals surface area contributed by atoms with Gasteiger partial charge in [0.15, 0.2) is 11.5 Å². The molecule has 1 atom stereocenters. The van der Waals surface area contributed by atoms with Crippen LogP contribution < -0.4 is 25.0 Å². The van der Waals surface area contributed by atoms with E-state index in [-0.39, 0.29) is 29.0 Å². The zero-order valence-electron chi connectivity index (χ0n) is 15.1. The Bertz CT molecular complexity index is 922. The number of rotatable bonds is 5. The van der Waals surface area contributed by atoms with Crippen molar-refractivity contribution in [3.8, 4) is 17.4 Å². The van der Waals surface area contributed by atoms with Gasteiger partial charge in [-0.2, -0.15) is 0 Å². The first-order valence-electron chi connectivity index (χ1n) is 8.27. The van der Waals surface area contributed by atoms with E-state index in [2.05, 4.69) is 21.2 Å². The first kappa shape index (κ1) is 18.6. The molecular formula is C18H21BrN2O5. The molecule has 1 aromatic heterocycles. The van der Waals surface area contributed by atoms with Gasteiger partial charge < -0.3 is 24.1 Å². The maximum absolute atomic E-state index is 13.1. The molecule has 8 heteroatoms.